The van der Waals surface area contributed by atoms with Crippen molar-refractivity contribution in [3.63, 3.8) is 0 Å². The minimum Gasteiger partial charge on any atom is -0.394 e. The van der Waals surface area contributed by atoms with E-state index in [2.05, 4.69) is 12.1 Å². The molecule has 0 spiro atoms. The molecule has 2 N–H and O–H groups in total. The molecule has 1 aromatic rings. The molecule has 0 fully saturated rings. The zero-order valence-electron chi connectivity index (χ0n) is 8.11. The summed E-state index contributed by atoms with van der Waals surface area (Å²) in [5.74, 6) is 0. The molecular formula is C12H13NY-2. The monoisotopic (exact) mass is 260 g/mol. The van der Waals surface area contributed by atoms with Crippen molar-refractivity contribution in [3.8, 4) is 0 Å². The van der Waals surface area contributed by atoms with Crippen molar-refractivity contribution in [2.75, 3.05) is 0 Å². The summed E-state index contributed by atoms with van der Waals surface area (Å²) in [6.45, 7) is 5.77. The van der Waals surface area contributed by atoms with Crippen LogP contribution in [-0.4, -0.2) is 0 Å². The fourth-order valence-corrected chi connectivity index (χ4v) is 1.17. The zero-order valence-corrected chi connectivity index (χ0v) is 10.9. The summed E-state index contributed by atoms with van der Waals surface area (Å²) < 4.78 is 0. The van der Waals surface area contributed by atoms with E-state index in [-0.39, 0.29) is 32.7 Å². The van der Waals surface area contributed by atoms with Gasteiger partial charge in [0.25, 0.3) is 0 Å². The number of nitrogens with two attached hydrogens (primary N) is 1. The van der Waals surface area contributed by atoms with Crippen LogP contribution in [0.5, 0.6) is 0 Å². The Balaban J connectivity index is 0.00000169. The van der Waals surface area contributed by atoms with E-state index in [1.54, 1.807) is 6.08 Å². The first kappa shape index (κ1) is 13.8. The van der Waals surface area contributed by atoms with Gasteiger partial charge >= 0.3 is 0 Å². The van der Waals surface area contributed by atoms with Gasteiger partial charge in [-0.2, -0.15) is 0 Å². The van der Waals surface area contributed by atoms with Crippen LogP contribution in [0, 0.1) is 12.7 Å². The molecule has 0 saturated carbocycles. The van der Waals surface area contributed by atoms with E-state index in [4.69, 9.17) is 12.3 Å². The maximum Gasteiger partial charge on any atom is 0.0180 e. The minimum absolute atomic E-state index is 0. The smallest absolute Gasteiger partial charge is 0.0180 e. The predicted octanol–water partition coefficient (Wildman–Crippen LogP) is 2.03. The summed E-state index contributed by atoms with van der Waals surface area (Å²) in [5.41, 5.74) is 7.96. The van der Waals surface area contributed by atoms with Crippen molar-refractivity contribution in [1.29, 1.82) is 0 Å². The molecule has 1 radical (unpaired) electrons. The topological polar surface area (TPSA) is 26.0 Å². The van der Waals surface area contributed by atoms with Crippen molar-refractivity contribution < 1.29 is 32.7 Å². The third kappa shape index (κ3) is 4.32. The van der Waals surface area contributed by atoms with Crippen LogP contribution >= 0.6 is 0 Å². The van der Waals surface area contributed by atoms with E-state index in [1.165, 1.54) is 17.2 Å². The van der Waals surface area contributed by atoms with Gasteiger partial charge in [0.2, 0.25) is 0 Å². The van der Waals surface area contributed by atoms with E-state index in [0.717, 1.165) is 6.42 Å². The molecule has 0 aliphatic carbocycles. The first-order valence-corrected chi connectivity index (χ1v) is 4.25. The third-order valence-corrected chi connectivity index (χ3v) is 1.84. The Bertz CT molecular complexity index is 305. The molecule has 0 aliphatic heterocycles. The van der Waals surface area contributed by atoms with Gasteiger partial charge in [0.05, 0.1) is 0 Å². The third-order valence-electron chi connectivity index (χ3n) is 1.84. The van der Waals surface area contributed by atoms with Gasteiger partial charge in [-0.05, 0) is 5.56 Å². The number of benzene rings is 1. The van der Waals surface area contributed by atoms with Crippen molar-refractivity contribution in [2.24, 2.45) is 5.73 Å². The molecule has 0 aliphatic rings. The van der Waals surface area contributed by atoms with E-state index in [9.17, 15) is 0 Å². The molecule has 71 valence electrons. The van der Waals surface area contributed by atoms with Gasteiger partial charge in [0.1, 0.15) is 0 Å². The molecular weight excluding hydrogens is 247 g/mol. The predicted molar refractivity (Wildman–Crippen MR) is 54.7 cm³/mol. The largest absolute Gasteiger partial charge is 0.394 e. The molecule has 14 heavy (non-hydrogen) atoms. The summed E-state index contributed by atoms with van der Waals surface area (Å²) in [7, 11) is 0. The second kappa shape index (κ2) is 8.10. The van der Waals surface area contributed by atoms with Crippen LogP contribution in [0.4, 0.5) is 0 Å². The van der Waals surface area contributed by atoms with Crippen LogP contribution in [0.2, 0.25) is 0 Å². The van der Waals surface area contributed by atoms with Crippen molar-refractivity contribution >= 4 is 0 Å². The van der Waals surface area contributed by atoms with Crippen LogP contribution in [-0.2, 0) is 45.7 Å². The van der Waals surface area contributed by atoms with Crippen LogP contribution in [0.1, 0.15) is 11.1 Å². The van der Waals surface area contributed by atoms with Gasteiger partial charge in [-0.25, -0.2) is 0 Å². The maximum atomic E-state index is 5.58. The number of hydrogen-bond donors (Lipinski definition) is 1. The Kier molecular flexibility index (Phi) is 7.97. The van der Waals surface area contributed by atoms with Gasteiger partial charge in [-0.3, -0.25) is 0 Å². The van der Waals surface area contributed by atoms with Crippen LogP contribution in [0.15, 0.2) is 36.4 Å². The molecule has 0 amide bonds. The second-order valence-corrected chi connectivity index (χ2v) is 2.71. The average molecular weight is 260 g/mol. The standard InChI is InChI=1S/C12H13N.Y/c1-2-3-4-7-11-8-5-6-9-12(11)10-13;/h1-3,5-6,8-9H,7,10,13H2;/q-2;. The van der Waals surface area contributed by atoms with Crippen molar-refractivity contribution in [1.82, 2.24) is 0 Å². The summed E-state index contributed by atoms with van der Waals surface area (Å²) in [5, 5.41) is 0. The molecule has 0 unspecified atom stereocenters. The van der Waals surface area contributed by atoms with Crippen LogP contribution in [0.25, 0.3) is 0 Å². The fourth-order valence-electron chi connectivity index (χ4n) is 1.17. The molecule has 0 heterocycles. The SMILES string of the molecule is [CH-]=CC=[C-]Cc1ccccc1CN.[Y]. The van der Waals surface area contributed by atoms with Gasteiger partial charge < -0.3 is 30.5 Å². The summed E-state index contributed by atoms with van der Waals surface area (Å²) in [6.07, 6.45) is 7.02. The Hall–Kier alpha value is -0.236. The quantitative estimate of drug-likeness (QED) is 0.650. The maximum absolute atomic E-state index is 5.58. The molecule has 1 nitrogen and oxygen atoms in total. The summed E-state index contributed by atoms with van der Waals surface area (Å²) in [4.78, 5) is 0. The van der Waals surface area contributed by atoms with Gasteiger partial charge in [-0.15, -0.1) is 6.42 Å². The molecule has 0 saturated heterocycles. The molecule has 1 aromatic carbocycles. The number of rotatable bonds is 4. The van der Waals surface area contributed by atoms with Crippen LogP contribution in [0.3, 0.4) is 0 Å². The molecule has 0 aromatic heterocycles. The van der Waals surface area contributed by atoms with Gasteiger partial charge in [-0.1, -0.05) is 29.8 Å². The first-order chi connectivity index (χ1) is 6.38. The number of allylic oxidation sites excluding steroid dienone is 3. The Morgan fingerprint density at radius 3 is 2.50 bits per heavy atom. The zero-order chi connectivity index (χ0) is 9.52. The molecule has 2 heteroatoms. The number of hydrogen-bond acceptors (Lipinski definition) is 1. The van der Waals surface area contributed by atoms with E-state index in [0.29, 0.717) is 6.54 Å². The molecule has 0 atom stereocenters. The Labute approximate surface area is 111 Å². The van der Waals surface area contributed by atoms with Crippen molar-refractivity contribution in [2.45, 2.75) is 13.0 Å². The summed E-state index contributed by atoms with van der Waals surface area (Å²) >= 11 is 0. The van der Waals surface area contributed by atoms with E-state index >= 15 is 0 Å². The Morgan fingerprint density at radius 1 is 1.29 bits per heavy atom. The molecule has 0 bridgehead atoms. The minimum atomic E-state index is 0. The first-order valence-electron chi connectivity index (χ1n) is 4.25. The normalized spacial score (nSPS) is 9.79. The fraction of sp³-hybridized carbons (Fsp3) is 0.167. The second-order valence-electron chi connectivity index (χ2n) is 2.71. The van der Waals surface area contributed by atoms with E-state index in [1.807, 2.05) is 18.2 Å². The van der Waals surface area contributed by atoms with Gasteiger partial charge in [0, 0.05) is 39.3 Å². The van der Waals surface area contributed by atoms with Crippen LogP contribution < -0.4 is 5.73 Å². The molecule has 1 rings (SSSR count). The van der Waals surface area contributed by atoms with Gasteiger partial charge in [0.15, 0.2) is 0 Å². The van der Waals surface area contributed by atoms with E-state index < -0.39 is 0 Å². The Morgan fingerprint density at radius 2 is 1.93 bits per heavy atom. The average Bonchev–Trinajstić information content (AvgIpc) is 2.19. The van der Waals surface area contributed by atoms with Crippen molar-refractivity contribution in [3.05, 3.63) is 60.2 Å². The summed E-state index contributed by atoms with van der Waals surface area (Å²) in [6, 6.07) is 8.08.